The predicted molar refractivity (Wildman–Crippen MR) is 115 cm³/mol. The van der Waals surface area contributed by atoms with Gasteiger partial charge >= 0.3 is 0 Å². The van der Waals surface area contributed by atoms with Crippen LogP contribution in [0.25, 0.3) is 16.2 Å². The molecule has 2 aromatic rings. The summed E-state index contributed by atoms with van der Waals surface area (Å²) < 4.78 is 1.83. The highest BCUT2D eigenvalue weighted by Crippen LogP contribution is 2.48. The maximum atomic E-state index is 13.0. The van der Waals surface area contributed by atoms with Gasteiger partial charge in [0.15, 0.2) is 0 Å². The van der Waals surface area contributed by atoms with Crippen molar-refractivity contribution in [2.45, 2.75) is 25.5 Å². The summed E-state index contributed by atoms with van der Waals surface area (Å²) in [5.41, 5.74) is 4.74. The van der Waals surface area contributed by atoms with Crippen molar-refractivity contribution in [2.75, 3.05) is 13.1 Å². The third-order valence-corrected chi connectivity index (χ3v) is 7.70. The molecule has 1 fully saturated rings. The van der Waals surface area contributed by atoms with E-state index in [2.05, 4.69) is 41.7 Å². The summed E-state index contributed by atoms with van der Waals surface area (Å²) in [6.07, 6.45) is 10.6. The second kappa shape index (κ2) is 6.98. The second-order valence-corrected chi connectivity index (χ2v) is 9.34. The van der Waals surface area contributed by atoms with Gasteiger partial charge in [-0.15, -0.1) is 0 Å². The number of amides is 1. The first-order valence-corrected chi connectivity index (χ1v) is 11.0. The molecule has 5 nitrogen and oxygen atoms in total. The van der Waals surface area contributed by atoms with E-state index in [1.165, 1.54) is 11.1 Å². The van der Waals surface area contributed by atoms with E-state index < -0.39 is 0 Å². The van der Waals surface area contributed by atoms with Crippen LogP contribution in [0.15, 0.2) is 53.9 Å². The van der Waals surface area contributed by atoms with Crippen LogP contribution in [-0.4, -0.2) is 39.5 Å². The van der Waals surface area contributed by atoms with Gasteiger partial charge in [0.2, 0.25) is 0 Å². The normalized spacial score (nSPS) is 24.2. The maximum absolute atomic E-state index is 13.0. The van der Waals surface area contributed by atoms with Gasteiger partial charge in [-0.05, 0) is 72.9 Å². The molecule has 0 aliphatic carbocycles. The summed E-state index contributed by atoms with van der Waals surface area (Å²) in [7, 11) is 2.49. The first kappa shape index (κ1) is 17.8. The fourth-order valence-electron chi connectivity index (χ4n) is 4.46. The third-order valence-electron chi connectivity index (χ3n) is 5.95. The average Bonchev–Trinajstić information content (AvgIpc) is 3.08. The van der Waals surface area contributed by atoms with E-state index in [1.54, 1.807) is 0 Å². The number of benzene rings is 1. The molecule has 1 aromatic carbocycles. The molecule has 1 saturated heterocycles. The van der Waals surface area contributed by atoms with Crippen molar-refractivity contribution in [1.29, 1.82) is 0 Å². The van der Waals surface area contributed by atoms with Crippen LogP contribution < -0.4 is 5.32 Å². The average molecular weight is 392 g/mol. The van der Waals surface area contributed by atoms with Gasteiger partial charge in [0.25, 0.3) is 5.91 Å². The molecule has 1 amide bonds. The molecular formula is C22H25N4OP. The van der Waals surface area contributed by atoms with Gasteiger partial charge in [0.1, 0.15) is 0 Å². The van der Waals surface area contributed by atoms with Crippen molar-refractivity contribution in [3.05, 3.63) is 59.5 Å². The number of hydrogen-bond acceptors (Lipinski definition) is 3. The molecule has 3 aliphatic heterocycles. The quantitative estimate of drug-likeness (QED) is 0.795. The van der Waals surface area contributed by atoms with E-state index in [9.17, 15) is 4.79 Å². The van der Waals surface area contributed by atoms with Crippen LogP contribution in [0.1, 0.15) is 25.3 Å². The second-order valence-electron chi connectivity index (χ2n) is 7.97. The van der Waals surface area contributed by atoms with Crippen LogP contribution in [0.3, 0.4) is 0 Å². The van der Waals surface area contributed by atoms with Gasteiger partial charge in [-0.3, -0.25) is 9.48 Å². The molecule has 0 spiro atoms. The standard InChI is InChI=1S/C22H25N4OP/c1-14-9-17(15-5-7-23-8-6-15)13-26-21(27)11-20(28-22(14)26)16-3-4-19-18(10-16)12-25(2)24-19/h3-4,9-13,15,22-23,28H,5-8H2,1-2H3. The lowest BCUT2D eigenvalue weighted by Crippen LogP contribution is -2.39. The van der Waals surface area contributed by atoms with Gasteiger partial charge in [0, 0.05) is 30.9 Å². The van der Waals surface area contributed by atoms with Crippen LogP contribution in [0, 0.1) is 5.92 Å². The van der Waals surface area contributed by atoms with Crippen LogP contribution in [0.5, 0.6) is 0 Å². The molecule has 0 radical (unpaired) electrons. The molecule has 2 unspecified atom stereocenters. The Bertz CT molecular complexity index is 1040. The Hall–Kier alpha value is -2.23. The van der Waals surface area contributed by atoms with Crippen LogP contribution >= 0.6 is 8.58 Å². The molecule has 6 heteroatoms. The molecular weight excluding hydrogens is 367 g/mol. The number of aryl methyl sites for hydroxylation is 1. The summed E-state index contributed by atoms with van der Waals surface area (Å²) in [6.45, 7) is 4.31. The lowest BCUT2D eigenvalue weighted by molar-refractivity contribution is -0.123. The van der Waals surface area contributed by atoms with Gasteiger partial charge in [-0.1, -0.05) is 20.7 Å². The number of aromatic nitrogens is 2. The van der Waals surface area contributed by atoms with Crippen molar-refractivity contribution in [3.8, 4) is 0 Å². The molecule has 3 aliphatic rings. The molecule has 4 heterocycles. The number of hydrogen-bond donors (Lipinski definition) is 1. The number of nitrogens with zero attached hydrogens (tertiary/aromatic N) is 3. The van der Waals surface area contributed by atoms with E-state index in [0.29, 0.717) is 14.5 Å². The van der Waals surface area contributed by atoms with Gasteiger partial charge < -0.3 is 10.2 Å². The van der Waals surface area contributed by atoms with Crippen LogP contribution in [0.4, 0.5) is 0 Å². The SMILES string of the molecule is CC1=CC(C2CCNCC2)=CN2C(=O)C=C(c3ccc4nn(C)cc4c3)PC12. The summed E-state index contributed by atoms with van der Waals surface area (Å²) in [5, 5.41) is 10.1. The maximum Gasteiger partial charge on any atom is 0.252 e. The molecule has 0 bridgehead atoms. The minimum absolute atomic E-state index is 0.101. The fourth-order valence-corrected chi connectivity index (χ4v) is 5.93. The van der Waals surface area contributed by atoms with Crippen molar-refractivity contribution in [2.24, 2.45) is 13.0 Å². The van der Waals surface area contributed by atoms with Crippen LogP contribution in [0.2, 0.25) is 0 Å². The largest absolute Gasteiger partial charge is 0.317 e. The summed E-state index contributed by atoms with van der Waals surface area (Å²) in [4.78, 5) is 15.0. The molecule has 144 valence electrons. The molecule has 5 rings (SSSR count). The zero-order valence-corrected chi connectivity index (χ0v) is 17.3. The Morgan fingerprint density at radius 2 is 2.04 bits per heavy atom. The zero-order valence-electron chi connectivity index (χ0n) is 16.3. The molecule has 1 N–H and O–H groups in total. The van der Waals surface area contributed by atoms with Crippen molar-refractivity contribution >= 4 is 30.7 Å². The van der Waals surface area contributed by atoms with E-state index >= 15 is 0 Å². The Morgan fingerprint density at radius 3 is 2.86 bits per heavy atom. The van der Waals surface area contributed by atoms with E-state index in [4.69, 9.17) is 0 Å². The molecule has 1 aromatic heterocycles. The monoisotopic (exact) mass is 392 g/mol. The zero-order chi connectivity index (χ0) is 19.3. The third kappa shape index (κ3) is 3.13. The summed E-state index contributed by atoms with van der Waals surface area (Å²) in [5.74, 6) is 0.818. The highest BCUT2D eigenvalue weighted by Gasteiger charge is 2.33. The number of rotatable bonds is 2. The minimum Gasteiger partial charge on any atom is -0.317 e. The Kier molecular flexibility index (Phi) is 4.45. The molecule has 0 saturated carbocycles. The lowest BCUT2D eigenvalue weighted by atomic mass is 9.88. The van der Waals surface area contributed by atoms with Crippen molar-refractivity contribution in [1.82, 2.24) is 20.0 Å². The van der Waals surface area contributed by atoms with Crippen LogP contribution in [-0.2, 0) is 11.8 Å². The number of carbonyl (C=O) groups excluding carboxylic acids is 1. The van der Waals surface area contributed by atoms with E-state index in [0.717, 1.165) is 47.7 Å². The first-order chi connectivity index (χ1) is 13.6. The number of allylic oxidation sites excluding steroid dienone is 2. The Labute approximate surface area is 166 Å². The summed E-state index contributed by atoms with van der Waals surface area (Å²) >= 11 is 0. The molecule has 2 atom stereocenters. The number of fused-ring (bicyclic) bond motifs is 2. The highest BCUT2D eigenvalue weighted by molar-refractivity contribution is 7.51. The predicted octanol–water partition coefficient (Wildman–Crippen LogP) is 3.60. The summed E-state index contributed by atoms with van der Waals surface area (Å²) in [6, 6.07) is 6.29. The minimum atomic E-state index is 0.101. The first-order valence-electron chi connectivity index (χ1n) is 9.93. The number of nitrogens with one attached hydrogen (secondary N) is 1. The topological polar surface area (TPSA) is 50.2 Å². The van der Waals surface area contributed by atoms with Gasteiger partial charge in [-0.2, -0.15) is 5.10 Å². The Morgan fingerprint density at radius 1 is 1.21 bits per heavy atom. The smallest absolute Gasteiger partial charge is 0.252 e. The van der Waals surface area contributed by atoms with Crippen molar-refractivity contribution in [3.63, 3.8) is 0 Å². The Balaban J connectivity index is 1.46. The fraction of sp³-hybridized carbons (Fsp3) is 0.364. The lowest BCUT2D eigenvalue weighted by Gasteiger charge is -2.38. The highest BCUT2D eigenvalue weighted by atomic mass is 31.1. The van der Waals surface area contributed by atoms with Gasteiger partial charge in [-0.25, -0.2) is 0 Å². The number of piperidine rings is 1. The molecule has 28 heavy (non-hydrogen) atoms. The number of carbonyl (C=O) groups is 1. The van der Waals surface area contributed by atoms with Gasteiger partial charge in [0.05, 0.1) is 11.3 Å². The van der Waals surface area contributed by atoms with Crippen molar-refractivity contribution < 1.29 is 4.79 Å². The van der Waals surface area contributed by atoms with E-state index in [1.807, 2.05) is 35.0 Å². The van der Waals surface area contributed by atoms with E-state index in [-0.39, 0.29) is 11.7 Å².